The number of rotatable bonds is 3. The molecule has 2 rings (SSSR count). The number of benzene rings is 1. The second kappa shape index (κ2) is 4.30. The van der Waals surface area contributed by atoms with Crippen LogP contribution < -0.4 is 5.32 Å². The molecular weight excluding hydrogens is 184 g/mol. The Balaban J connectivity index is 2.50. The van der Waals surface area contributed by atoms with Crippen molar-refractivity contribution in [3.8, 4) is 0 Å². The molecule has 0 aliphatic rings. The molecule has 1 N–H and O–H groups in total. The standard InChI is InChI=1S/C13H16N2/c1-3-8-14-13-9-10(2)15-12-7-5-4-6-11(12)13/h4-7,9H,3,8H2,1-2H3,(H,14,15). The van der Waals surface area contributed by atoms with Gasteiger partial charge in [-0.3, -0.25) is 4.98 Å². The van der Waals surface area contributed by atoms with E-state index in [2.05, 4.69) is 41.5 Å². The molecule has 0 amide bonds. The maximum atomic E-state index is 4.50. The van der Waals surface area contributed by atoms with Crippen LogP contribution in [0.25, 0.3) is 10.9 Å². The smallest absolute Gasteiger partial charge is 0.0725 e. The molecule has 0 aliphatic carbocycles. The molecule has 0 fully saturated rings. The molecule has 0 radical (unpaired) electrons. The molecule has 0 saturated carbocycles. The molecule has 0 unspecified atom stereocenters. The molecule has 0 aliphatic heterocycles. The predicted octanol–water partition coefficient (Wildman–Crippen LogP) is 3.37. The van der Waals surface area contributed by atoms with Crippen molar-refractivity contribution < 1.29 is 0 Å². The Morgan fingerprint density at radius 3 is 2.87 bits per heavy atom. The van der Waals surface area contributed by atoms with E-state index in [9.17, 15) is 0 Å². The molecule has 15 heavy (non-hydrogen) atoms. The van der Waals surface area contributed by atoms with Crippen molar-refractivity contribution in [3.05, 3.63) is 36.0 Å². The molecule has 78 valence electrons. The number of aryl methyl sites for hydroxylation is 1. The maximum absolute atomic E-state index is 4.50. The third-order valence-corrected chi connectivity index (χ3v) is 2.41. The lowest BCUT2D eigenvalue weighted by molar-refractivity contribution is 0.980. The monoisotopic (exact) mass is 200 g/mol. The molecular formula is C13H16N2. The third-order valence-electron chi connectivity index (χ3n) is 2.41. The van der Waals surface area contributed by atoms with E-state index in [-0.39, 0.29) is 0 Å². The highest BCUT2D eigenvalue weighted by atomic mass is 14.9. The lowest BCUT2D eigenvalue weighted by Crippen LogP contribution is -2.01. The van der Waals surface area contributed by atoms with E-state index in [1.165, 1.54) is 11.1 Å². The van der Waals surface area contributed by atoms with Crippen LogP contribution in [0.15, 0.2) is 30.3 Å². The highest BCUT2D eigenvalue weighted by molar-refractivity contribution is 5.91. The van der Waals surface area contributed by atoms with Gasteiger partial charge in [-0.2, -0.15) is 0 Å². The molecule has 1 aromatic carbocycles. The summed E-state index contributed by atoms with van der Waals surface area (Å²) in [5, 5.41) is 4.64. The number of aromatic nitrogens is 1. The van der Waals surface area contributed by atoms with Crippen molar-refractivity contribution in [1.29, 1.82) is 0 Å². The SMILES string of the molecule is CCCNc1cc(C)nc2ccccc12. The lowest BCUT2D eigenvalue weighted by atomic mass is 10.1. The molecule has 2 heteroatoms. The van der Waals surface area contributed by atoms with Crippen molar-refractivity contribution in [2.45, 2.75) is 20.3 Å². The van der Waals surface area contributed by atoms with E-state index in [4.69, 9.17) is 0 Å². The second-order valence-corrected chi connectivity index (χ2v) is 3.76. The zero-order valence-electron chi connectivity index (χ0n) is 9.25. The fourth-order valence-electron chi connectivity index (χ4n) is 1.71. The summed E-state index contributed by atoms with van der Waals surface area (Å²) in [5.41, 5.74) is 3.32. The highest BCUT2D eigenvalue weighted by Crippen LogP contribution is 2.22. The van der Waals surface area contributed by atoms with E-state index in [0.29, 0.717) is 0 Å². The minimum absolute atomic E-state index is 1.01. The Hall–Kier alpha value is -1.57. The first kappa shape index (κ1) is 9.97. The van der Waals surface area contributed by atoms with E-state index < -0.39 is 0 Å². The summed E-state index contributed by atoms with van der Waals surface area (Å²) in [7, 11) is 0. The molecule has 0 saturated heterocycles. The van der Waals surface area contributed by atoms with Crippen LogP contribution in [0.5, 0.6) is 0 Å². The zero-order valence-corrected chi connectivity index (χ0v) is 9.25. The van der Waals surface area contributed by atoms with E-state index in [0.717, 1.165) is 24.2 Å². The summed E-state index contributed by atoms with van der Waals surface area (Å²) < 4.78 is 0. The van der Waals surface area contributed by atoms with Gasteiger partial charge in [0.25, 0.3) is 0 Å². The minimum atomic E-state index is 1.01. The third kappa shape index (κ3) is 2.09. The van der Waals surface area contributed by atoms with Crippen LogP contribution in [0.3, 0.4) is 0 Å². The normalized spacial score (nSPS) is 10.5. The van der Waals surface area contributed by atoms with E-state index >= 15 is 0 Å². The number of para-hydroxylation sites is 1. The first-order valence-electron chi connectivity index (χ1n) is 5.41. The zero-order chi connectivity index (χ0) is 10.7. The van der Waals surface area contributed by atoms with Gasteiger partial charge in [0.05, 0.1) is 5.52 Å². The second-order valence-electron chi connectivity index (χ2n) is 3.76. The fraction of sp³-hybridized carbons (Fsp3) is 0.308. The predicted molar refractivity (Wildman–Crippen MR) is 65.3 cm³/mol. The Morgan fingerprint density at radius 1 is 1.27 bits per heavy atom. The van der Waals surface area contributed by atoms with Gasteiger partial charge < -0.3 is 5.32 Å². The first-order chi connectivity index (χ1) is 7.31. The summed E-state index contributed by atoms with van der Waals surface area (Å²) in [4.78, 5) is 4.50. The molecule has 2 aromatic rings. The summed E-state index contributed by atoms with van der Waals surface area (Å²) >= 11 is 0. The maximum Gasteiger partial charge on any atom is 0.0725 e. The molecule has 0 spiro atoms. The van der Waals surface area contributed by atoms with Gasteiger partial charge >= 0.3 is 0 Å². The van der Waals surface area contributed by atoms with Gasteiger partial charge in [-0.1, -0.05) is 25.1 Å². The number of hydrogen-bond donors (Lipinski definition) is 1. The minimum Gasteiger partial charge on any atom is -0.384 e. The molecule has 0 bridgehead atoms. The largest absolute Gasteiger partial charge is 0.384 e. The van der Waals surface area contributed by atoms with Crippen LogP contribution in [0.2, 0.25) is 0 Å². The van der Waals surface area contributed by atoms with Crippen LogP contribution in [0, 0.1) is 6.92 Å². The van der Waals surface area contributed by atoms with Crippen LogP contribution in [-0.2, 0) is 0 Å². The van der Waals surface area contributed by atoms with Gasteiger partial charge in [-0.05, 0) is 25.5 Å². The summed E-state index contributed by atoms with van der Waals surface area (Å²) in [6.07, 6.45) is 1.13. The number of hydrogen-bond acceptors (Lipinski definition) is 2. The van der Waals surface area contributed by atoms with Crippen molar-refractivity contribution in [1.82, 2.24) is 4.98 Å². The average molecular weight is 200 g/mol. The number of anilines is 1. The number of fused-ring (bicyclic) bond motifs is 1. The first-order valence-corrected chi connectivity index (χ1v) is 5.41. The number of nitrogens with zero attached hydrogens (tertiary/aromatic N) is 1. The molecule has 2 nitrogen and oxygen atoms in total. The molecule has 1 aromatic heterocycles. The summed E-state index contributed by atoms with van der Waals surface area (Å²) in [5.74, 6) is 0. The Kier molecular flexibility index (Phi) is 2.86. The number of pyridine rings is 1. The van der Waals surface area contributed by atoms with Crippen LogP contribution in [-0.4, -0.2) is 11.5 Å². The topological polar surface area (TPSA) is 24.9 Å². The highest BCUT2D eigenvalue weighted by Gasteiger charge is 2.01. The van der Waals surface area contributed by atoms with Crippen molar-refractivity contribution in [2.24, 2.45) is 0 Å². The summed E-state index contributed by atoms with van der Waals surface area (Å²) in [6, 6.07) is 10.4. The van der Waals surface area contributed by atoms with Gasteiger partial charge in [-0.25, -0.2) is 0 Å². The Labute approximate surface area is 90.3 Å². The van der Waals surface area contributed by atoms with Gasteiger partial charge in [0.1, 0.15) is 0 Å². The molecule has 1 heterocycles. The van der Waals surface area contributed by atoms with Crippen molar-refractivity contribution >= 4 is 16.6 Å². The van der Waals surface area contributed by atoms with Crippen LogP contribution in [0.4, 0.5) is 5.69 Å². The van der Waals surface area contributed by atoms with E-state index in [1.807, 2.05) is 13.0 Å². The number of nitrogens with one attached hydrogen (secondary N) is 1. The average Bonchev–Trinajstić information content (AvgIpc) is 2.25. The van der Waals surface area contributed by atoms with Crippen LogP contribution in [0.1, 0.15) is 19.0 Å². The Morgan fingerprint density at radius 2 is 2.07 bits per heavy atom. The van der Waals surface area contributed by atoms with E-state index in [1.54, 1.807) is 0 Å². The van der Waals surface area contributed by atoms with Crippen molar-refractivity contribution in [3.63, 3.8) is 0 Å². The van der Waals surface area contributed by atoms with Crippen LogP contribution >= 0.6 is 0 Å². The quantitative estimate of drug-likeness (QED) is 0.821. The van der Waals surface area contributed by atoms with Gasteiger partial charge in [0.2, 0.25) is 0 Å². The fourth-order valence-corrected chi connectivity index (χ4v) is 1.71. The summed E-state index contributed by atoms with van der Waals surface area (Å²) in [6.45, 7) is 5.21. The van der Waals surface area contributed by atoms with Crippen molar-refractivity contribution in [2.75, 3.05) is 11.9 Å². The van der Waals surface area contributed by atoms with Gasteiger partial charge in [0.15, 0.2) is 0 Å². The molecule has 0 atom stereocenters. The lowest BCUT2D eigenvalue weighted by Gasteiger charge is -2.09. The van der Waals surface area contributed by atoms with Gasteiger partial charge in [-0.15, -0.1) is 0 Å². The van der Waals surface area contributed by atoms with Gasteiger partial charge in [0, 0.05) is 23.3 Å². The Bertz CT molecular complexity index is 463.